The number of aliphatic hydroxyl groups is 2. The molecule has 7 heteroatoms. The van der Waals surface area contributed by atoms with Crippen LogP contribution in [0.15, 0.2) is 0 Å². The van der Waals surface area contributed by atoms with E-state index in [1.165, 1.54) is 7.11 Å². The molecule has 0 radical (unpaired) electrons. The first kappa shape index (κ1) is 12.3. The molecule has 7 nitrogen and oxygen atoms in total. The zero-order chi connectivity index (χ0) is 13.2. The Morgan fingerprint density at radius 2 is 2.17 bits per heavy atom. The standard InChI is InChI=1S/C11H16O7/c1-9(15-2)3-4-10(14)8(13)17-7-6(12)5-16-11(7,10)18-9/h6-7,12,14H,3-5H2,1-2H3/t6-,7-,9-,10+,11-/m0/s1. The maximum absolute atomic E-state index is 11.8. The predicted octanol–water partition coefficient (Wildman–Crippen LogP) is -1.10. The smallest absolute Gasteiger partial charge is 0.344 e. The van der Waals surface area contributed by atoms with Gasteiger partial charge in [-0.3, -0.25) is 0 Å². The molecule has 102 valence electrons. The van der Waals surface area contributed by atoms with Crippen LogP contribution in [0.3, 0.4) is 0 Å². The molecule has 0 aromatic rings. The van der Waals surface area contributed by atoms with Crippen molar-refractivity contribution in [1.82, 2.24) is 0 Å². The zero-order valence-corrected chi connectivity index (χ0v) is 10.2. The summed E-state index contributed by atoms with van der Waals surface area (Å²) >= 11 is 0. The SMILES string of the molecule is CO[C@]1(C)CC[C@@]2(O)C(=O)O[C@H]3[C@@H](O)CO[C@]32O1. The van der Waals surface area contributed by atoms with E-state index < -0.39 is 35.4 Å². The van der Waals surface area contributed by atoms with Gasteiger partial charge < -0.3 is 29.2 Å². The number of hydrogen-bond donors (Lipinski definition) is 2. The minimum Gasteiger partial charge on any atom is -0.451 e. The number of aliphatic hydroxyl groups excluding tert-OH is 1. The molecule has 3 aliphatic heterocycles. The second-order valence-electron chi connectivity index (χ2n) is 5.17. The van der Waals surface area contributed by atoms with Gasteiger partial charge in [0.1, 0.15) is 6.10 Å². The Morgan fingerprint density at radius 1 is 1.44 bits per heavy atom. The van der Waals surface area contributed by atoms with Crippen molar-refractivity contribution in [2.75, 3.05) is 13.7 Å². The second kappa shape index (κ2) is 3.43. The molecule has 0 aromatic carbocycles. The fourth-order valence-corrected chi connectivity index (χ4v) is 2.87. The highest BCUT2D eigenvalue weighted by atomic mass is 16.8. The fraction of sp³-hybridized carbons (Fsp3) is 0.909. The monoisotopic (exact) mass is 260 g/mol. The van der Waals surface area contributed by atoms with Crippen LogP contribution >= 0.6 is 0 Å². The van der Waals surface area contributed by atoms with Gasteiger partial charge >= 0.3 is 5.97 Å². The van der Waals surface area contributed by atoms with Crippen LogP contribution in [0.4, 0.5) is 0 Å². The number of rotatable bonds is 1. The summed E-state index contributed by atoms with van der Waals surface area (Å²) in [5, 5.41) is 20.3. The molecule has 0 unspecified atom stereocenters. The quantitative estimate of drug-likeness (QED) is 0.578. The molecule has 18 heavy (non-hydrogen) atoms. The van der Waals surface area contributed by atoms with E-state index in [9.17, 15) is 15.0 Å². The van der Waals surface area contributed by atoms with Gasteiger partial charge in [0.05, 0.1) is 6.61 Å². The minimum absolute atomic E-state index is 0.0555. The third kappa shape index (κ3) is 1.23. The van der Waals surface area contributed by atoms with Crippen molar-refractivity contribution in [3.8, 4) is 0 Å². The van der Waals surface area contributed by atoms with E-state index in [4.69, 9.17) is 18.9 Å². The molecule has 0 amide bonds. The molecule has 1 spiro atoms. The van der Waals surface area contributed by atoms with Gasteiger partial charge in [-0.1, -0.05) is 0 Å². The maximum atomic E-state index is 11.8. The molecule has 2 N–H and O–H groups in total. The summed E-state index contributed by atoms with van der Waals surface area (Å²) < 4.78 is 21.4. The van der Waals surface area contributed by atoms with Crippen molar-refractivity contribution < 1.29 is 34.0 Å². The Morgan fingerprint density at radius 3 is 2.83 bits per heavy atom. The van der Waals surface area contributed by atoms with E-state index in [0.29, 0.717) is 6.42 Å². The molecular weight excluding hydrogens is 244 g/mol. The molecule has 5 atom stereocenters. The lowest BCUT2D eigenvalue weighted by Crippen LogP contribution is -2.66. The highest BCUT2D eigenvalue weighted by Crippen LogP contribution is 2.53. The van der Waals surface area contributed by atoms with Crippen molar-refractivity contribution in [2.24, 2.45) is 0 Å². The molecule has 3 aliphatic rings. The Hall–Kier alpha value is -0.730. The van der Waals surface area contributed by atoms with Gasteiger partial charge in [0.2, 0.25) is 5.60 Å². The lowest BCUT2D eigenvalue weighted by Gasteiger charge is -2.47. The Bertz CT molecular complexity index is 399. The minimum atomic E-state index is -1.88. The molecule has 0 saturated carbocycles. The summed E-state index contributed by atoms with van der Waals surface area (Å²) in [5.41, 5.74) is -1.88. The molecule has 3 heterocycles. The number of esters is 1. The van der Waals surface area contributed by atoms with Crippen molar-refractivity contribution >= 4 is 5.97 Å². The van der Waals surface area contributed by atoms with Gasteiger partial charge in [0, 0.05) is 13.5 Å². The van der Waals surface area contributed by atoms with Crippen molar-refractivity contribution in [3.05, 3.63) is 0 Å². The average Bonchev–Trinajstić information content (AvgIpc) is 2.75. The van der Waals surface area contributed by atoms with Crippen LogP contribution in [-0.2, 0) is 23.7 Å². The largest absolute Gasteiger partial charge is 0.451 e. The lowest BCUT2D eigenvalue weighted by atomic mass is 9.82. The van der Waals surface area contributed by atoms with E-state index in [1.54, 1.807) is 6.92 Å². The number of carbonyl (C=O) groups excluding carboxylic acids is 1. The number of ether oxygens (including phenoxy) is 4. The van der Waals surface area contributed by atoms with Crippen molar-refractivity contribution in [3.63, 3.8) is 0 Å². The summed E-state index contributed by atoms with van der Waals surface area (Å²) in [7, 11) is 1.47. The van der Waals surface area contributed by atoms with E-state index in [-0.39, 0.29) is 13.0 Å². The Balaban J connectivity index is 2.04. The molecule has 3 rings (SSSR count). The van der Waals surface area contributed by atoms with E-state index in [2.05, 4.69) is 0 Å². The van der Waals surface area contributed by atoms with Gasteiger partial charge in [-0.25, -0.2) is 4.79 Å². The predicted molar refractivity (Wildman–Crippen MR) is 55.3 cm³/mol. The van der Waals surface area contributed by atoms with Crippen molar-refractivity contribution in [2.45, 2.75) is 49.1 Å². The molecule has 0 aliphatic carbocycles. The fourth-order valence-electron chi connectivity index (χ4n) is 2.87. The number of carbonyl (C=O) groups is 1. The molecule has 0 aromatic heterocycles. The van der Waals surface area contributed by atoms with E-state index in [1.807, 2.05) is 0 Å². The topological polar surface area (TPSA) is 94.5 Å². The molecule has 3 fully saturated rings. The van der Waals surface area contributed by atoms with Gasteiger partial charge in [-0.05, 0) is 13.3 Å². The summed E-state index contributed by atoms with van der Waals surface area (Å²) in [6.45, 7) is 1.63. The molecular formula is C11H16O7. The average molecular weight is 260 g/mol. The van der Waals surface area contributed by atoms with Crippen LogP contribution in [0.25, 0.3) is 0 Å². The zero-order valence-electron chi connectivity index (χ0n) is 10.2. The highest BCUT2D eigenvalue weighted by Gasteiger charge is 2.77. The highest BCUT2D eigenvalue weighted by molar-refractivity contribution is 5.84. The van der Waals surface area contributed by atoms with Gasteiger partial charge in [-0.2, -0.15) is 0 Å². The van der Waals surface area contributed by atoms with E-state index in [0.717, 1.165) is 0 Å². The summed E-state index contributed by atoms with van der Waals surface area (Å²) in [5.74, 6) is -3.47. The van der Waals surface area contributed by atoms with Crippen LogP contribution in [0.1, 0.15) is 19.8 Å². The number of hydrogen-bond acceptors (Lipinski definition) is 7. The summed E-state index contributed by atoms with van der Waals surface area (Å²) in [4.78, 5) is 11.8. The van der Waals surface area contributed by atoms with Crippen LogP contribution in [0, 0.1) is 0 Å². The van der Waals surface area contributed by atoms with Crippen molar-refractivity contribution in [1.29, 1.82) is 0 Å². The maximum Gasteiger partial charge on any atom is 0.344 e. The molecule has 3 saturated heterocycles. The summed E-state index contributed by atoms with van der Waals surface area (Å²) in [6, 6.07) is 0. The second-order valence-corrected chi connectivity index (χ2v) is 5.17. The normalized spacial score (nSPS) is 55.0. The van der Waals surface area contributed by atoms with Gasteiger partial charge in [0.25, 0.3) is 5.79 Å². The van der Waals surface area contributed by atoms with E-state index >= 15 is 0 Å². The summed E-state index contributed by atoms with van der Waals surface area (Å²) in [6.07, 6.45) is -1.62. The van der Waals surface area contributed by atoms with Gasteiger partial charge in [0.15, 0.2) is 11.9 Å². The first-order valence-electron chi connectivity index (χ1n) is 5.88. The van der Waals surface area contributed by atoms with Crippen LogP contribution in [-0.4, -0.2) is 59.3 Å². The lowest BCUT2D eigenvalue weighted by molar-refractivity contribution is -0.401. The Labute approximate surface area is 104 Å². The van der Waals surface area contributed by atoms with Crippen LogP contribution < -0.4 is 0 Å². The Kier molecular flexibility index (Phi) is 2.34. The van der Waals surface area contributed by atoms with Crippen LogP contribution in [0.2, 0.25) is 0 Å². The first-order valence-corrected chi connectivity index (χ1v) is 5.88. The van der Waals surface area contributed by atoms with Gasteiger partial charge in [-0.15, -0.1) is 0 Å². The first-order chi connectivity index (χ1) is 8.37. The third-order valence-corrected chi connectivity index (χ3v) is 4.08. The molecule has 0 bridgehead atoms. The third-order valence-electron chi connectivity index (χ3n) is 4.08. The van der Waals surface area contributed by atoms with Crippen LogP contribution in [0.5, 0.6) is 0 Å². The number of methoxy groups -OCH3 is 1.